The van der Waals surface area contributed by atoms with Gasteiger partial charge >= 0.3 is 64.9 Å². The van der Waals surface area contributed by atoms with Gasteiger partial charge in [-0.05, 0) is 37.1 Å². The van der Waals surface area contributed by atoms with Crippen LogP contribution in [-0.4, -0.2) is 46.8 Å². The second-order valence-electron chi connectivity index (χ2n) is 7.17. The molecule has 2 heterocycles. The molecule has 2 aromatic carbocycles. The van der Waals surface area contributed by atoms with Crippen LogP contribution in [-0.2, 0) is 4.92 Å². The average Bonchev–Trinajstić information content (AvgIpc) is 3.31. The maximum atomic E-state index is 11.9. The summed E-state index contributed by atoms with van der Waals surface area (Å²) in [7, 11) is 0. The molecule has 0 saturated carbocycles. The van der Waals surface area contributed by atoms with E-state index in [0.717, 1.165) is 6.42 Å². The zero-order valence-corrected chi connectivity index (χ0v) is 27.5. The molecule has 2 aliphatic rings. The number of imide groups is 2. The maximum absolute atomic E-state index is 11.9. The Kier molecular flexibility index (Phi) is 17.0. The van der Waals surface area contributed by atoms with Gasteiger partial charge in [-0.1, -0.05) is 24.3 Å². The number of hydrogen-bond donors (Lipinski definition) is 2. The van der Waals surface area contributed by atoms with Crippen LogP contribution < -0.4 is 5.32 Å². The van der Waals surface area contributed by atoms with Gasteiger partial charge in [0.25, 0.3) is 23.6 Å². The van der Waals surface area contributed by atoms with Crippen molar-refractivity contribution in [1.29, 1.82) is 0 Å². The number of rotatable bonds is 5. The van der Waals surface area contributed by atoms with Gasteiger partial charge in [0, 0.05) is 26.0 Å². The van der Waals surface area contributed by atoms with E-state index in [-0.39, 0.29) is 35.2 Å². The molecule has 2 N–H and O–H groups in total. The van der Waals surface area contributed by atoms with E-state index in [0.29, 0.717) is 48.1 Å². The third kappa shape index (κ3) is 11.5. The van der Waals surface area contributed by atoms with E-state index in [1.54, 1.807) is 48.5 Å². The van der Waals surface area contributed by atoms with Crippen molar-refractivity contribution in [2.75, 3.05) is 13.2 Å². The van der Waals surface area contributed by atoms with Crippen LogP contribution >= 0.6 is 59.9 Å². The van der Waals surface area contributed by atoms with E-state index in [1.165, 1.54) is 4.90 Å². The topological polar surface area (TPSA) is 104 Å². The number of aliphatic hydroxyl groups is 1. The fourth-order valence-corrected chi connectivity index (χ4v) is 3.08. The summed E-state index contributed by atoms with van der Waals surface area (Å²) in [5.41, 5.74) is 1.93. The average molecular weight is 876 g/mol. The van der Waals surface area contributed by atoms with Gasteiger partial charge in [0.1, 0.15) is 0 Å². The molecule has 0 fully saturated rings. The van der Waals surface area contributed by atoms with Crippen molar-refractivity contribution < 1.29 is 29.2 Å². The van der Waals surface area contributed by atoms with Crippen molar-refractivity contribution in [3.63, 3.8) is 0 Å². The van der Waals surface area contributed by atoms with Gasteiger partial charge in [-0.15, -0.1) is 24.7 Å². The first-order valence-corrected chi connectivity index (χ1v) is 24.4. The summed E-state index contributed by atoms with van der Waals surface area (Å²) in [6.07, 6.45) is 12.6. The predicted octanol–water partition coefficient (Wildman–Crippen LogP) is 5.31. The van der Waals surface area contributed by atoms with Gasteiger partial charge in [-0.25, -0.2) is 0 Å². The van der Waals surface area contributed by atoms with E-state index in [2.05, 4.69) is 77.1 Å². The number of aliphatic hydroxyl groups excluding tert-OH is 1. The number of benzene rings is 2. The van der Waals surface area contributed by atoms with Crippen LogP contribution in [0, 0.1) is 24.7 Å². The monoisotopic (exact) mass is 876 g/mol. The molecule has 4 rings (SSSR count). The van der Waals surface area contributed by atoms with Gasteiger partial charge < -0.3 is 5.11 Å². The van der Waals surface area contributed by atoms with Crippen LogP contribution in [0.3, 0.4) is 0 Å². The number of carbonyl (C=O) groups excluding carboxylic acids is 4. The molecule has 2 aliphatic heterocycles. The third-order valence-electron chi connectivity index (χ3n) is 4.70. The van der Waals surface area contributed by atoms with Gasteiger partial charge in [0.15, 0.2) is 0 Å². The summed E-state index contributed by atoms with van der Waals surface area (Å²) in [5.74, 6) is 3.88. The van der Waals surface area contributed by atoms with E-state index in [4.69, 9.17) is 18.0 Å². The molecule has 4 amide bonds. The van der Waals surface area contributed by atoms with Crippen molar-refractivity contribution >= 4 is 83.6 Å². The molecule has 0 bridgehead atoms. The second-order valence-corrected chi connectivity index (χ2v) is 42.5. The van der Waals surface area contributed by atoms with Crippen LogP contribution in [0.25, 0.3) is 0 Å². The zero-order valence-electron chi connectivity index (χ0n) is 19.6. The number of fused-ring (bicyclic) bond motifs is 2. The van der Waals surface area contributed by atoms with Crippen LogP contribution in [0.2, 0.25) is 0 Å². The summed E-state index contributed by atoms with van der Waals surface area (Å²) in [6, 6.07) is 13.6. The van der Waals surface area contributed by atoms with Crippen LogP contribution in [0.5, 0.6) is 0 Å². The van der Waals surface area contributed by atoms with Gasteiger partial charge in [0.2, 0.25) is 0 Å². The molecular weight excluding hydrogens is 852 g/mol. The number of hydrogen-bond acceptors (Lipinski definition) is 5. The number of unbranched alkanes of at least 4 members (excludes halogenated alkanes) is 2. The van der Waals surface area contributed by atoms with Gasteiger partial charge in [-0.3, -0.25) is 29.4 Å². The third-order valence-corrected chi connectivity index (χ3v) is 4.70. The van der Waals surface area contributed by atoms with E-state index < -0.39 is 0 Å². The van der Waals surface area contributed by atoms with Gasteiger partial charge in [-0.2, -0.15) is 0 Å². The molecule has 7 nitrogen and oxygen atoms in total. The van der Waals surface area contributed by atoms with E-state index in [1.807, 2.05) is 0 Å². The number of terminal acetylenes is 2. The predicted molar refractivity (Wildman–Crippen MR) is 165 cm³/mol. The molecule has 0 radical (unpaired) electrons. The van der Waals surface area contributed by atoms with Crippen LogP contribution in [0.1, 0.15) is 67.1 Å². The Morgan fingerprint density at radius 3 is 1.49 bits per heavy atom. The molecule has 37 heavy (non-hydrogen) atoms. The summed E-state index contributed by atoms with van der Waals surface area (Å²) in [4.78, 5) is 46.6. The molecule has 11 heteroatoms. The Hall–Kier alpha value is -1.43. The first-order chi connectivity index (χ1) is 17.7. The number of carbonyl (C=O) groups is 4. The number of nitrogens with zero attached hydrogens (tertiary/aromatic N) is 1. The summed E-state index contributed by atoms with van der Waals surface area (Å²) >= 11 is 7.39. The minimum atomic E-state index is -0.300. The Balaban J connectivity index is 0.000000282. The molecule has 0 saturated heterocycles. The van der Waals surface area contributed by atoms with Crippen molar-refractivity contribution in [2.45, 2.75) is 25.7 Å². The minimum absolute atomic E-state index is 0.211. The quantitative estimate of drug-likeness (QED) is 0.184. The molecular formula is C26H24I3N2O5V. The zero-order chi connectivity index (χ0) is 27.8. The second kappa shape index (κ2) is 18.8. The number of nitrogens with one attached hydrogen (secondary N) is 1. The van der Waals surface area contributed by atoms with Gasteiger partial charge in [0.05, 0.1) is 22.3 Å². The molecule has 0 aromatic heterocycles. The molecule has 0 atom stereocenters. The molecule has 2 aromatic rings. The molecule has 0 aliphatic carbocycles. The fraction of sp³-hybridized carbons (Fsp3) is 0.231. The van der Waals surface area contributed by atoms with Crippen molar-refractivity contribution in [2.24, 2.45) is 0 Å². The standard InChI is InChI=1S/C13H11NO2.C8H5NO2.C5H8O.3HI.V/c1-2-3-6-9-14-12(15)10-7-4-5-8-11(10)13(14)16;10-7-5-3-1-2-4-6(5)8(11)9-7;1-2-3-4-5-6;;;;/h1,4-5,7-8H,3,6,9H2;1-4H,(H,9,10,11);1,6H,3-5H2;3*1H;/q;;;;;;+3/p-3. The van der Waals surface area contributed by atoms with Crippen molar-refractivity contribution in [1.82, 2.24) is 10.2 Å². The number of amides is 4. The summed E-state index contributed by atoms with van der Waals surface area (Å²) in [5, 5.41) is 10.3. The molecule has 194 valence electrons. The Morgan fingerprint density at radius 2 is 1.14 bits per heavy atom. The van der Waals surface area contributed by atoms with E-state index in [9.17, 15) is 19.2 Å². The fourth-order valence-electron chi connectivity index (χ4n) is 3.08. The Labute approximate surface area is 254 Å². The normalized spacial score (nSPS) is 12.5. The number of halogens is 3. The van der Waals surface area contributed by atoms with E-state index >= 15 is 0 Å². The SMILES string of the molecule is C#CCCCN1C(=O)c2ccccc2C1=O.C#CCCCO.O=C1NC(=O)c2ccccc21.[I][V]([I])[I]. The van der Waals surface area contributed by atoms with Crippen molar-refractivity contribution in [3.05, 3.63) is 70.8 Å². The Morgan fingerprint density at radius 1 is 0.757 bits per heavy atom. The summed E-state index contributed by atoms with van der Waals surface area (Å²) in [6.45, 7) is 0.612. The molecule has 0 spiro atoms. The Bertz CT molecular complexity index is 1120. The first kappa shape index (κ1) is 33.6. The van der Waals surface area contributed by atoms with Crippen LogP contribution in [0.4, 0.5) is 0 Å². The van der Waals surface area contributed by atoms with Crippen molar-refractivity contribution in [3.8, 4) is 24.7 Å². The van der Waals surface area contributed by atoms with Crippen LogP contribution in [0.15, 0.2) is 48.5 Å². The first-order valence-electron chi connectivity index (χ1n) is 10.8. The summed E-state index contributed by atoms with van der Waals surface area (Å²) < 4.78 is 0. The molecule has 0 unspecified atom stereocenters.